The Hall–Kier alpha value is -5.41. The molecular formula is C32H39N7O9. The van der Waals surface area contributed by atoms with Crippen LogP contribution in [0.3, 0.4) is 0 Å². The molecule has 256 valence electrons. The van der Waals surface area contributed by atoms with E-state index in [1.54, 1.807) is 36.1 Å². The number of aromatic nitrogens is 3. The van der Waals surface area contributed by atoms with Gasteiger partial charge in [0.1, 0.15) is 6.04 Å². The van der Waals surface area contributed by atoms with Gasteiger partial charge in [-0.2, -0.15) is 5.10 Å². The Kier molecular flexibility index (Phi) is 10.9. The van der Waals surface area contributed by atoms with Crippen molar-refractivity contribution < 1.29 is 43.1 Å². The van der Waals surface area contributed by atoms with Gasteiger partial charge in [0.05, 0.1) is 24.0 Å². The minimum absolute atomic E-state index is 0.0993. The highest BCUT2D eigenvalue weighted by atomic mass is 16.6. The van der Waals surface area contributed by atoms with Crippen molar-refractivity contribution >= 4 is 29.8 Å². The molecule has 2 saturated heterocycles. The zero-order chi connectivity index (χ0) is 34.2. The van der Waals surface area contributed by atoms with E-state index in [1.807, 2.05) is 19.1 Å². The molecule has 2 aromatic heterocycles. The molecule has 0 radical (unpaired) electrons. The maximum atomic E-state index is 13.5. The van der Waals surface area contributed by atoms with Crippen molar-refractivity contribution in [1.82, 2.24) is 35.0 Å². The van der Waals surface area contributed by atoms with E-state index < -0.39 is 29.9 Å². The summed E-state index contributed by atoms with van der Waals surface area (Å²) in [6, 6.07) is 10.6. The number of benzene rings is 1. The number of likely N-dealkylation sites (tertiary alicyclic amines) is 1. The highest BCUT2D eigenvalue weighted by Crippen LogP contribution is 2.32. The van der Waals surface area contributed by atoms with E-state index in [-0.39, 0.29) is 75.8 Å². The van der Waals surface area contributed by atoms with Crippen LogP contribution in [-0.4, -0.2) is 117 Å². The lowest BCUT2D eigenvalue weighted by molar-refractivity contribution is -0.138. The Morgan fingerprint density at radius 1 is 1.04 bits per heavy atom. The van der Waals surface area contributed by atoms with E-state index in [0.29, 0.717) is 18.0 Å². The van der Waals surface area contributed by atoms with Crippen LogP contribution >= 0.6 is 0 Å². The number of rotatable bonds is 12. The van der Waals surface area contributed by atoms with Crippen LogP contribution in [0.15, 0.2) is 47.0 Å². The molecule has 2 N–H and O–H groups in total. The fraction of sp³-hybridized carbons (Fsp3) is 0.469. The largest absolute Gasteiger partial charge is 0.481 e. The molecule has 2 aliphatic heterocycles. The number of carbonyl (C=O) groups is 5. The molecule has 3 aromatic rings. The second-order valence-corrected chi connectivity index (χ2v) is 11.5. The highest BCUT2D eigenvalue weighted by Gasteiger charge is 2.34. The van der Waals surface area contributed by atoms with E-state index in [2.05, 4.69) is 15.6 Å². The Labute approximate surface area is 276 Å². The van der Waals surface area contributed by atoms with Gasteiger partial charge in [-0.3, -0.25) is 19.2 Å². The fourth-order valence-corrected chi connectivity index (χ4v) is 5.75. The summed E-state index contributed by atoms with van der Waals surface area (Å²) in [5.74, 6) is -1.87. The molecule has 2 aliphatic rings. The number of piperazine rings is 1. The molecule has 1 aromatic carbocycles. The first-order chi connectivity index (χ1) is 23.1. The van der Waals surface area contributed by atoms with Crippen molar-refractivity contribution in [1.29, 1.82) is 0 Å². The van der Waals surface area contributed by atoms with Gasteiger partial charge in [-0.1, -0.05) is 23.4 Å². The molecule has 16 nitrogen and oxygen atoms in total. The summed E-state index contributed by atoms with van der Waals surface area (Å²) >= 11 is 0. The van der Waals surface area contributed by atoms with E-state index >= 15 is 0 Å². The Morgan fingerprint density at radius 2 is 1.77 bits per heavy atom. The number of hydrogen-bond donors (Lipinski definition) is 2. The van der Waals surface area contributed by atoms with Crippen molar-refractivity contribution in [2.75, 3.05) is 45.9 Å². The van der Waals surface area contributed by atoms with E-state index in [9.17, 15) is 29.1 Å². The molecular weight excluding hydrogens is 626 g/mol. The number of para-hydroxylation sites is 1. The normalized spacial score (nSPS) is 16.8. The van der Waals surface area contributed by atoms with Gasteiger partial charge in [-0.25, -0.2) is 9.48 Å². The van der Waals surface area contributed by atoms with Crippen molar-refractivity contribution in [3.05, 3.63) is 59.6 Å². The van der Waals surface area contributed by atoms with Gasteiger partial charge in [0.25, 0.3) is 11.8 Å². The molecule has 0 bridgehead atoms. The zero-order valence-corrected chi connectivity index (χ0v) is 26.9. The topological polar surface area (TPSA) is 190 Å². The van der Waals surface area contributed by atoms with Crippen molar-refractivity contribution in [3.63, 3.8) is 0 Å². The van der Waals surface area contributed by atoms with Crippen LogP contribution in [0.4, 0.5) is 4.79 Å². The first-order valence-corrected chi connectivity index (χ1v) is 15.9. The third kappa shape index (κ3) is 8.11. The van der Waals surface area contributed by atoms with Crippen LogP contribution in [0.2, 0.25) is 0 Å². The lowest BCUT2D eigenvalue weighted by Gasteiger charge is -2.35. The summed E-state index contributed by atoms with van der Waals surface area (Å²) in [7, 11) is 0. The fourth-order valence-electron chi connectivity index (χ4n) is 5.75. The van der Waals surface area contributed by atoms with Gasteiger partial charge in [0, 0.05) is 51.3 Å². The molecule has 16 heteroatoms. The number of nitrogens with zero attached hydrogens (tertiary/aromatic N) is 6. The molecule has 5 rings (SSSR count). The minimum Gasteiger partial charge on any atom is -0.481 e. The second kappa shape index (κ2) is 15.5. The predicted octanol–water partition coefficient (Wildman–Crippen LogP) is 2.18. The maximum absolute atomic E-state index is 13.5. The number of amides is 4. The number of carbonyl (C=O) groups excluding carboxylic acids is 4. The van der Waals surface area contributed by atoms with Crippen LogP contribution in [0, 0.1) is 6.92 Å². The number of ether oxygens (including phenoxy) is 2. The van der Waals surface area contributed by atoms with Crippen molar-refractivity contribution in [2.24, 2.45) is 0 Å². The molecule has 0 saturated carbocycles. The Balaban J connectivity index is 1.30. The third-order valence-corrected chi connectivity index (χ3v) is 8.17. The number of nitrogens with one attached hydrogen (secondary N) is 1. The summed E-state index contributed by atoms with van der Waals surface area (Å²) in [4.78, 5) is 68.4. The van der Waals surface area contributed by atoms with Gasteiger partial charge in [-0.15, -0.1) is 0 Å². The minimum atomic E-state index is -1.16. The lowest BCUT2D eigenvalue weighted by atomic mass is 10.1. The third-order valence-electron chi connectivity index (χ3n) is 8.17. The number of hydrogen-bond acceptors (Lipinski definition) is 10. The number of carboxylic acids is 1. The zero-order valence-electron chi connectivity index (χ0n) is 26.9. The van der Waals surface area contributed by atoms with Crippen molar-refractivity contribution in [2.45, 2.75) is 51.6 Å². The Morgan fingerprint density at radius 3 is 2.44 bits per heavy atom. The molecule has 2 fully saturated rings. The van der Waals surface area contributed by atoms with Crippen LogP contribution in [-0.2, 0) is 19.1 Å². The van der Waals surface area contributed by atoms with Gasteiger partial charge >= 0.3 is 12.1 Å². The number of aryl methyl sites for hydroxylation is 1. The summed E-state index contributed by atoms with van der Waals surface area (Å²) < 4.78 is 17.8. The van der Waals surface area contributed by atoms with Crippen LogP contribution in [0.25, 0.3) is 5.69 Å². The number of aliphatic carboxylic acids is 1. The van der Waals surface area contributed by atoms with Crippen molar-refractivity contribution in [3.8, 4) is 11.6 Å². The molecule has 0 spiro atoms. The van der Waals surface area contributed by atoms with Crippen LogP contribution in [0.1, 0.15) is 60.6 Å². The van der Waals surface area contributed by atoms with E-state index in [1.165, 1.54) is 20.5 Å². The maximum Gasteiger partial charge on any atom is 0.409 e. The van der Waals surface area contributed by atoms with Gasteiger partial charge in [-0.05, 0) is 45.2 Å². The second-order valence-electron chi connectivity index (χ2n) is 11.5. The molecule has 0 aliphatic carbocycles. The summed E-state index contributed by atoms with van der Waals surface area (Å²) in [6.45, 7) is 4.81. The number of carboxylic acid groups (broad SMARTS) is 1. The molecule has 48 heavy (non-hydrogen) atoms. The summed E-state index contributed by atoms with van der Waals surface area (Å²) in [5.41, 5.74) is 1.19. The van der Waals surface area contributed by atoms with E-state index in [0.717, 1.165) is 18.5 Å². The molecule has 4 heterocycles. The first kappa shape index (κ1) is 33.9. The first-order valence-electron chi connectivity index (χ1n) is 15.9. The van der Waals surface area contributed by atoms with E-state index in [4.69, 9.17) is 14.0 Å². The summed E-state index contributed by atoms with van der Waals surface area (Å²) in [5, 5.41) is 20.3. The molecule has 4 amide bonds. The molecule has 2 atom stereocenters. The monoisotopic (exact) mass is 665 g/mol. The average molecular weight is 666 g/mol. The summed E-state index contributed by atoms with van der Waals surface area (Å²) in [6.07, 6.45) is 0.538. The van der Waals surface area contributed by atoms with Crippen LogP contribution < -0.4 is 10.1 Å². The highest BCUT2D eigenvalue weighted by molar-refractivity contribution is 5.96. The quantitative estimate of drug-likeness (QED) is 0.288. The predicted molar refractivity (Wildman–Crippen MR) is 167 cm³/mol. The van der Waals surface area contributed by atoms with Gasteiger partial charge in [0.15, 0.2) is 18.1 Å². The average Bonchev–Trinajstić information content (AvgIpc) is 3.85. The molecule has 0 unspecified atom stereocenters. The van der Waals surface area contributed by atoms with Gasteiger partial charge in [0.2, 0.25) is 11.8 Å². The standard InChI is InChI=1S/C32H39N7O9/c1-3-46-32(45)37-16-14-36(15-17-37)31(44)23(11-12-29(41)42)33-30(43)24-19-28(39(34-24)22-8-5-4-6-9-22)47-20-27(40)38-13-7-10-25(38)26-18-21(2)35-48-26/h4-6,8-9,18-19,23,25H,3,7,10-17,20H2,1-2H3,(H,33,43)(H,41,42)/t23-,25-/m0/s1. The SMILES string of the molecule is CCOC(=O)N1CCN(C(=O)[C@H](CCC(=O)O)NC(=O)c2cc(OCC(=O)N3CCC[C@H]3c3cc(C)no3)n(-c3ccccc3)n2)CC1. The van der Waals surface area contributed by atoms with Crippen LogP contribution in [0.5, 0.6) is 5.88 Å². The Bertz CT molecular complexity index is 1610. The smallest absolute Gasteiger partial charge is 0.409 e. The lowest BCUT2D eigenvalue weighted by Crippen LogP contribution is -2.56. The van der Waals surface area contributed by atoms with Gasteiger partial charge < -0.3 is 39.1 Å².